The summed E-state index contributed by atoms with van der Waals surface area (Å²) in [7, 11) is 0. The highest BCUT2D eigenvalue weighted by molar-refractivity contribution is 5.73. The monoisotopic (exact) mass is 244 g/mol. The van der Waals surface area contributed by atoms with Gasteiger partial charge in [-0.1, -0.05) is 0 Å². The molecule has 9 heteroatoms. The van der Waals surface area contributed by atoms with Crippen LogP contribution in [0.4, 0.5) is 13.2 Å². The zero-order chi connectivity index (χ0) is 12.9. The molecule has 0 heterocycles. The van der Waals surface area contributed by atoms with Crippen molar-refractivity contribution < 1.29 is 33.0 Å². The van der Waals surface area contributed by atoms with E-state index in [2.05, 4.69) is 0 Å². The van der Waals surface area contributed by atoms with Crippen LogP contribution in [0, 0.1) is 0 Å². The van der Waals surface area contributed by atoms with Gasteiger partial charge in [0.25, 0.3) is 0 Å². The Morgan fingerprint density at radius 3 is 2.12 bits per heavy atom. The van der Waals surface area contributed by atoms with Crippen LogP contribution >= 0.6 is 0 Å². The van der Waals surface area contributed by atoms with Crippen molar-refractivity contribution in [3.8, 4) is 0 Å². The zero-order valence-corrected chi connectivity index (χ0v) is 8.07. The Morgan fingerprint density at radius 1 is 1.31 bits per heavy atom. The Hall–Kier alpha value is -1.35. The molecule has 0 amide bonds. The number of nitrogens with two attached hydrogens (primary N) is 1. The van der Waals surface area contributed by atoms with E-state index >= 15 is 0 Å². The number of halogens is 3. The molecule has 0 radical (unpaired) electrons. The maximum atomic E-state index is 12.0. The van der Waals surface area contributed by atoms with Crippen LogP contribution in [-0.2, 0) is 9.59 Å². The van der Waals surface area contributed by atoms with Crippen LogP contribution in [0.2, 0.25) is 0 Å². The minimum atomic E-state index is -4.60. The number of carbonyl (C=O) groups is 2. The molecule has 0 aliphatic carbocycles. The van der Waals surface area contributed by atoms with Gasteiger partial charge in [-0.05, 0) is 0 Å². The van der Waals surface area contributed by atoms with E-state index in [0.717, 1.165) is 0 Å². The molecular formula is C7H11F3N2O4. The molecule has 0 aromatic rings. The molecule has 0 aromatic carbocycles. The summed E-state index contributed by atoms with van der Waals surface area (Å²) in [6.45, 7) is -3.11. The molecule has 0 spiro atoms. The molecule has 0 rings (SSSR count). The summed E-state index contributed by atoms with van der Waals surface area (Å²) < 4.78 is 36.0. The van der Waals surface area contributed by atoms with E-state index in [0.29, 0.717) is 4.90 Å². The summed E-state index contributed by atoms with van der Waals surface area (Å²) in [5.41, 5.74) is 5.01. The highest BCUT2D eigenvalue weighted by atomic mass is 19.4. The molecule has 0 fully saturated rings. The average Bonchev–Trinajstić information content (AvgIpc) is 1.98. The smallest absolute Gasteiger partial charge is 0.401 e. The normalized spacial score (nSPS) is 13.8. The minimum absolute atomic E-state index is 0.418. The predicted molar refractivity (Wildman–Crippen MR) is 45.7 cm³/mol. The lowest BCUT2D eigenvalue weighted by molar-refractivity contribution is -0.157. The number of hydrogen-bond donors (Lipinski definition) is 3. The van der Waals surface area contributed by atoms with E-state index < -0.39 is 43.8 Å². The van der Waals surface area contributed by atoms with Crippen molar-refractivity contribution in [3.63, 3.8) is 0 Å². The van der Waals surface area contributed by atoms with E-state index in [9.17, 15) is 22.8 Å². The minimum Gasteiger partial charge on any atom is -0.480 e. The van der Waals surface area contributed by atoms with Crippen LogP contribution in [-0.4, -0.2) is 58.9 Å². The molecule has 94 valence electrons. The molecule has 6 nitrogen and oxygen atoms in total. The Balaban J connectivity index is 4.43. The van der Waals surface area contributed by atoms with Crippen LogP contribution in [0.5, 0.6) is 0 Å². The SMILES string of the molecule is N[C@@H](CN(CC(=O)O)CC(F)(F)F)C(=O)O. The van der Waals surface area contributed by atoms with Gasteiger partial charge in [0.1, 0.15) is 6.04 Å². The summed E-state index contributed by atoms with van der Waals surface area (Å²) in [4.78, 5) is 21.0. The Morgan fingerprint density at radius 2 is 1.81 bits per heavy atom. The van der Waals surface area contributed by atoms with Crippen LogP contribution < -0.4 is 5.73 Å². The highest BCUT2D eigenvalue weighted by Crippen LogP contribution is 2.16. The molecule has 0 bridgehead atoms. The van der Waals surface area contributed by atoms with Crippen LogP contribution in [0.3, 0.4) is 0 Å². The first-order valence-electron chi connectivity index (χ1n) is 4.11. The number of carboxylic acid groups (broad SMARTS) is 2. The molecule has 4 N–H and O–H groups in total. The molecule has 1 atom stereocenters. The van der Waals surface area contributed by atoms with Crippen molar-refractivity contribution in [2.24, 2.45) is 5.73 Å². The first-order valence-corrected chi connectivity index (χ1v) is 4.11. The highest BCUT2D eigenvalue weighted by Gasteiger charge is 2.32. The summed E-state index contributed by atoms with van der Waals surface area (Å²) >= 11 is 0. The second-order valence-electron chi connectivity index (χ2n) is 3.12. The number of nitrogens with zero attached hydrogens (tertiary/aromatic N) is 1. The van der Waals surface area contributed by atoms with Gasteiger partial charge in [-0.25, -0.2) is 0 Å². The van der Waals surface area contributed by atoms with Crippen molar-refractivity contribution in [1.29, 1.82) is 0 Å². The number of aliphatic carboxylic acids is 2. The molecule has 0 saturated carbocycles. The van der Waals surface area contributed by atoms with E-state index in [4.69, 9.17) is 15.9 Å². The third-order valence-corrected chi connectivity index (χ3v) is 1.53. The summed E-state index contributed by atoms with van der Waals surface area (Å²) in [5, 5.41) is 16.7. The van der Waals surface area contributed by atoms with Crippen molar-refractivity contribution in [1.82, 2.24) is 4.90 Å². The fourth-order valence-electron chi connectivity index (χ4n) is 0.986. The van der Waals surface area contributed by atoms with Crippen molar-refractivity contribution in [2.75, 3.05) is 19.6 Å². The van der Waals surface area contributed by atoms with Gasteiger partial charge in [-0.2, -0.15) is 13.2 Å². The average molecular weight is 244 g/mol. The molecule has 0 unspecified atom stereocenters. The van der Waals surface area contributed by atoms with Crippen LogP contribution in [0.15, 0.2) is 0 Å². The maximum absolute atomic E-state index is 12.0. The number of hydrogen-bond acceptors (Lipinski definition) is 4. The summed E-state index contributed by atoms with van der Waals surface area (Å²) in [5.74, 6) is -2.97. The van der Waals surface area contributed by atoms with Crippen LogP contribution in [0.25, 0.3) is 0 Å². The largest absolute Gasteiger partial charge is 0.480 e. The third-order valence-electron chi connectivity index (χ3n) is 1.53. The molecular weight excluding hydrogens is 233 g/mol. The number of carboxylic acids is 2. The van der Waals surface area contributed by atoms with Gasteiger partial charge in [0.15, 0.2) is 0 Å². The number of rotatable bonds is 6. The topological polar surface area (TPSA) is 104 Å². The summed E-state index contributed by atoms with van der Waals surface area (Å²) in [6.07, 6.45) is -4.60. The molecule has 0 saturated heterocycles. The van der Waals surface area contributed by atoms with E-state index in [1.54, 1.807) is 0 Å². The Labute approximate surface area is 88.4 Å². The van der Waals surface area contributed by atoms with Gasteiger partial charge in [0.05, 0.1) is 13.1 Å². The van der Waals surface area contributed by atoms with Gasteiger partial charge in [-0.15, -0.1) is 0 Å². The molecule has 0 aromatic heterocycles. The number of alkyl halides is 3. The van der Waals surface area contributed by atoms with Crippen LogP contribution in [0.1, 0.15) is 0 Å². The lowest BCUT2D eigenvalue weighted by Gasteiger charge is -2.23. The predicted octanol–water partition coefficient (Wildman–Crippen LogP) is -0.653. The quantitative estimate of drug-likeness (QED) is 0.573. The summed E-state index contributed by atoms with van der Waals surface area (Å²) in [6, 6.07) is -1.55. The van der Waals surface area contributed by atoms with E-state index in [-0.39, 0.29) is 0 Å². The van der Waals surface area contributed by atoms with E-state index in [1.165, 1.54) is 0 Å². The zero-order valence-electron chi connectivity index (χ0n) is 8.07. The van der Waals surface area contributed by atoms with Crippen molar-refractivity contribution >= 4 is 11.9 Å². The first kappa shape index (κ1) is 14.6. The lowest BCUT2D eigenvalue weighted by atomic mass is 10.3. The van der Waals surface area contributed by atoms with Gasteiger partial charge in [0, 0.05) is 6.54 Å². The maximum Gasteiger partial charge on any atom is 0.401 e. The fraction of sp³-hybridized carbons (Fsp3) is 0.714. The second-order valence-corrected chi connectivity index (χ2v) is 3.12. The molecule has 0 aliphatic rings. The Bertz CT molecular complexity index is 269. The van der Waals surface area contributed by atoms with Gasteiger partial charge < -0.3 is 15.9 Å². The lowest BCUT2D eigenvalue weighted by Crippen LogP contribution is -2.47. The van der Waals surface area contributed by atoms with Gasteiger partial charge in [-0.3, -0.25) is 14.5 Å². The second kappa shape index (κ2) is 5.66. The first-order chi connectivity index (χ1) is 7.11. The molecule has 0 aliphatic heterocycles. The fourth-order valence-corrected chi connectivity index (χ4v) is 0.986. The van der Waals surface area contributed by atoms with Gasteiger partial charge in [0.2, 0.25) is 0 Å². The van der Waals surface area contributed by atoms with Crippen molar-refractivity contribution in [3.05, 3.63) is 0 Å². The standard InChI is InChI=1S/C7H11F3N2O4/c8-7(9,10)3-12(2-5(13)14)1-4(11)6(15)16/h4H,1-3,11H2,(H,13,14)(H,15,16)/t4-/m0/s1. The van der Waals surface area contributed by atoms with E-state index in [1.807, 2.05) is 0 Å². The third kappa shape index (κ3) is 7.01. The molecule has 16 heavy (non-hydrogen) atoms. The Kier molecular flexibility index (Phi) is 5.18. The van der Waals surface area contributed by atoms with Crippen molar-refractivity contribution in [2.45, 2.75) is 12.2 Å². The van der Waals surface area contributed by atoms with Gasteiger partial charge >= 0.3 is 18.1 Å².